The van der Waals surface area contributed by atoms with Gasteiger partial charge in [0.1, 0.15) is 0 Å². The van der Waals surface area contributed by atoms with E-state index in [1.165, 1.54) is 0 Å². The van der Waals surface area contributed by atoms with Gasteiger partial charge in [-0.15, -0.1) is 0 Å². The zero-order chi connectivity index (χ0) is 18.9. The summed E-state index contributed by atoms with van der Waals surface area (Å²) in [7, 11) is 0. The number of rotatable bonds is 0. The molecule has 0 saturated heterocycles. The Morgan fingerprint density at radius 3 is 0.600 bits per heavy atom. The summed E-state index contributed by atoms with van der Waals surface area (Å²) in [5.41, 5.74) is 0. The first kappa shape index (κ1) is 24.7. The average molecular weight is 693 g/mol. The van der Waals surface area contributed by atoms with Crippen molar-refractivity contribution < 1.29 is 71.6 Å². The number of hydrogen-bond donors (Lipinski definition) is 0. The maximum atomic E-state index is 12.4. The number of benzene rings is 2. The monoisotopic (exact) mass is 696 g/mol. The van der Waals surface area contributed by atoms with Crippen molar-refractivity contribution in [3.8, 4) is 0 Å². The molecule has 0 aliphatic heterocycles. The van der Waals surface area contributed by atoms with Crippen LogP contribution in [-0.4, -0.2) is 32.0 Å². The molecule has 0 unspecified atom stereocenters. The molecule has 132 valence electrons. The summed E-state index contributed by atoms with van der Waals surface area (Å²) in [5.74, 6) is -19.4. The molecule has 0 aliphatic rings. The molecule has 0 amide bonds. The molecule has 0 aliphatic carbocycles. The Labute approximate surface area is 170 Å². The molecule has 0 heterocycles. The van der Waals surface area contributed by atoms with Crippen LogP contribution in [0.3, 0.4) is 0 Å². The van der Waals surface area contributed by atoms with Crippen molar-refractivity contribution >= 4 is 40.9 Å². The average Bonchev–Trinajstić information content (AvgIpc) is 2.58. The van der Waals surface area contributed by atoms with Gasteiger partial charge in [0, 0.05) is 27.7 Å². The van der Waals surface area contributed by atoms with Gasteiger partial charge in [0.05, 0.1) is 0 Å². The van der Waals surface area contributed by atoms with E-state index in [2.05, 4.69) is 0 Å². The molecule has 0 nitrogen and oxygen atoms in total. The molecular formula is C12F10HgSe2. The molecule has 0 spiro atoms. The van der Waals surface area contributed by atoms with Gasteiger partial charge in [-0.1, -0.05) is 0 Å². The van der Waals surface area contributed by atoms with Crippen molar-refractivity contribution in [2.24, 2.45) is 0 Å². The first-order chi connectivity index (χ1) is 10.9. The second-order valence-corrected chi connectivity index (χ2v) is 5.51. The summed E-state index contributed by atoms with van der Waals surface area (Å²) < 4.78 is 121. The third kappa shape index (κ3) is 4.91. The van der Waals surface area contributed by atoms with E-state index in [0.29, 0.717) is 0 Å². The Kier molecular flexibility index (Phi) is 9.48. The minimum Gasteiger partial charge on any atom is 0 e. The molecule has 0 N–H and O–H groups in total. The van der Waals surface area contributed by atoms with Crippen LogP contribution < -0.4 is 8.92 Å². The third-order valence-electron chi connectivity index (χ3n) is 2.34. The first-order valence-corrected chi connectivity index (χ1v) is 7.01. The molecule has 0 atom stereocenters. The second kappa shape index (κ2) is 9.59. The predicted octanol–water partition coefficient (Wildman–Crippen LogP) is 2.35. The van der Waals surface area contributed by atoms with Gasteiger partial charge in [0.2, 0.25) is 0 Å². The molecule has 2 aromatic rings. The summed E-state index contributed by atoms with van der Waals surface area (Å²) in [6.45, 7) is 0. The molecule has 25 heavy (non-hydrogen) atoms. The second-order valence-electron chi connectivity index (χ2n) is 3.80. The summed E-state index contributed by atoms with van der Waals surface area (Å²) >= 11 is 3.50. The van der Waals surface area contributed by atoms with E-state index >= 15 is 0 Å². The van der Waals surface area contributed by atoms with Gasteiger partial charge in [0.25, 0.3) is 0 Å². The van der Waals surface area contributed by atoms with Gasteiger partial charge >= 0.3 is 143 Å². The topological polar surface area (TPSA) is 0 Å². The van der Waals surface area contributed by atoms with Gasteiger partial charge in [-0.3, -0.25) is 0 Å². The van der Waals surface area contributed by atoms with Crippen LogP contribution in [0.2, 0.25) is 0 Å². The van der Waals surface area contributed by atoms with E-state index in [9.17, 15) is 43.9 Å². The first-order valence-electron chi connectivity index (χ1n) is 5.30. The molecule has 0 saturated carbocycles. The SMILES string of the molecule is Fc1c(F)c(F)c([Se])c(F)c1F.Fc1c(F)c(F)c([Se])c(F)c1F.[Hg]. The van der Waals surface area contributed by atoms with E-state index in [0.717, 1.165) is 0 Å². The van der Waals surface area contributed by atoms with Crippen LogP contribution in [-0.2, 0) is 27.7 Å². The van der Waals surface area contributed by atoms with Crippen molar-refractivity contribution in [3.63, 3.8) is 0 Å². The summed E-state index contributed by atoms with van der Waals surface area (Å²) in [5, 5.41) is 0. The van der Waals surface area contributed by atoms with Crippen LogP contribution in [0, 0.1) is 58.2 Å². The Morgan fingerprint density at radius 1 is 0.320 bits per heavy atom. The Morgan fingerprint density at radius 2 is 0.440 bits per heavy atom. The van der Waals surface area contributed by atoms with E-state index in [1.807, 2.05) is 0 Å². The molecule has 2 rings (SSSR count). The van der Waals surface area contributed by atoms with E-state index in [4.69, 9.17) is 0 Å². The Hall–Kier alpha value is -0.286. The maximum absolute atomic E-state index is 12.4. The van der Waals surface area contributed by atoms with E-state index in [1.54, 1.807) is 32.0 Å². The van der Waals surface area contributed by atoms with Crippen molar-refractivity contribution in [3.05, 3.63) is 58.2 Å². The minimum atomic E-state index is -2.15. The van der Waals surface area contributed by atoms with Crippen LogP contribution in [0.1, 0.15) is 0 Å². The van der Waals surface area contributed by atoms with Crippen molar-refractivity contribution in [1.82, 2.24) is 0 Å². The van der Waals surface area contributed by atoms with Gasteiger partial charge in [-0.25, -0.2) is 0 Å². The standard InChI is InChI=1S/2C6F5Se.Hg/c2*7-1-2(8)4(10)6(12)5(11)3(1)9;. The van der Waals surface area contributed by atoms with Gasteiger partial charge in [-0.05, 0) is 0 Å². The van der Waals surface area contributed by atoms with Crippen LogP contribution in [0.15, 0.2) is 0 Å². The Bertz CT molecular complexity index is 534. The predicted molar refractivity (Wildman–Crippen MR) is 63.2 cm³/mol. The molecule has 0 fully saturated rings. The van der Waals surface area contributed by atoms with E-state index in [-0.39, 0.29) is 27.7 Å². The van der Waals surface area contributed by atoms with Gasteiger partial charge < -0.3 is 0 Å². The molecular weight excluding hydrogens is 693 g/mol. The van der Waals surface area contributed by atoms with Crippen molar-refractivity contribution in [1.29, 1.82) is 0 Å². The summed E-state index contributed by atoms with van der Waals surface area (Å²) in [6.07, 6.45) is 0. The summed E-state index contributed by atoms with van der Waals surface area (Å²) in [6, 6.07) is 0. The van der Waals surface area contributed by atoms with Crippen LogP contribution in [0.25, 0.3) is 0 Å². The van der Waals surface area contributed by atoms with Crippen LogP contribution in [0.5, 0.6) is 0 Å². The smallest absolute Gasteiger partial charge is 0 e. The van der Waals surface area contributed by atoms with Gasteiger partial charge in [0.15, 0.2) is 0 Å². The molecule has 0 aromatic heterocycles. The van der Waals surface area contributed by atoms with Crippen LogP contribution in [0.4, 0.5) is 43.9 Å². The zero-order valence-electron chi connectivity index (χ0n) is 11.3. The fraction of sp³-hybridized carbons (Fsp3) is 0. The molecule has 2 radical (unpaired) electrons. The third-order valence-corrected chi connectivity index (χ3v) is 3.84. The Balaban J connectivity index is 0.000000443. The fourth-order valence-corrected chi connectivity index (χ4v) is 1.92. The largest absolute Gasteiger partial charge is 0 e. The quantitative estimate of drug-likeness (QED) is 0.172. The van der Waals surface area contributed by atoms with Crippen LogP contribution >= 0.6 is 0 Å². The normalized spacial score (nSPS) is 10.0. The molecule has 0 bridgehead atoms. The van der Waals surface area contributed by atoms with E-state index < -0.39 is 67.1 Å². The molecule has 13 heteroatoms. The fourth-order valence-electron chi connectivity index (χ4n) is 1.17. The van der Waals surface area contributed by atoms with Crippen molar-refractivity contribution in [2.75, 3.05) is 0 Å². The zero-order valence-corrected chi connectivity index (χ0v) is 20.2. The van der Waals surface area contributed by atoms with Gasteiger partial charge in [-0.2, -0.15) is 0 Å². The summed E-state index contributed by atoms with van der Waals surface area (Å²) in [4.78, 5) is 0. The maximum Gasteiger partial charge on any atom is 0 e. The number of halogens is 10. The number of hydrogen-bond acceptors (Lipinski definition) is 0. The molecule has 2 aromatic carbocycles. The minimum absolute atomic E-state index is 0. The van der Waals surface area contributed by atoms with Crippen molar-refractivity contribution in [2.45, 2.75) is 0 Å².